The average molecular weight is 320 g/mol. The molecule has 0 aliphatic heterocycles. The topological polar surface area (TPSA) is 12.9 Å². The first kappa shape index (κ1) is 14.9. The summed E-state index contributed by atoms with van der Waals surface area (Å²) in [5.41, 5.74) is 2.45. The fourth-order valence-corrected chi connectivity index (χ4v) is 3.90. The second kappa shape index (κ2) is 6.81. The molecule has 0 radical (unpaired) electrons. The van der Waals surface area contributed by atoms with E-state index in [2.05, 4.69) is 35.3 Å². The molecule has 1 aliphatic carbocycles. The number of nitrogens with zero attached hydrogens (tertiary/aromatic N) is 1. The normalized spacial score (nSPS) is 17.6. The summed E-state index contributed by atoms with van der Waals surface area (Å²) in [6.07, 6.45) is 8.26. The van der Waals surface area contributed by atoms with Crippen molar-refractivity contribution >= 4 is 23.2 Å². The first-order valence-corrected chi connectivity index (χ1v) is 8.38. The minimum Gasteiger partial charge on any atom is -0.243 e. The molecule has 21 heavy (non-hydrogen) atoms. The van der Waals surface area contributed by atoms with E-state index in [1.807, 2.05) is 6.07 Å². The number of halogens is 2. The zero-order valence-corrected chi connectivity index (χ0v) is 13.4. The fourth-order valence-electron chi connectivity index (χ4n) is 3.51. The molecule has 1 fully saturated rings. The highest BCUT2D eigenvalue weighted by Crippen LogP contribution is 2.43. The molecule has 1 aliphatic rings. The van der Waals surface area contributed by atoms with Gasteiger partial charge in [-0.25, -0.2) is 4.98 Å². The summed E-state index contributed by atoms with van der Waals surface area (Å²) in [6, 6.07) is 12.7. The van der Waals surface area contributed by atoms with Gasteiger partial charge in [0.15, 0.2) is 0 Å². The highest BCUT2D eigenvalue weighted by atomic mass is 35.5. The number of aromatic nitrogens is 1. The minimum atomic E-state index is 0.319. The Morgan fingerprint density at radius 3 is 2.38 bits per heavy atom. The van der Waals surface area contributed by atoms with Crippen LogP contribution in [0.3, 0.4) is 0 Å². The van der Waals surface area contributed by atoms with Crippen molar-refractivity contribution in [3.8, 4) is 0 Å². The molecule has 1 saturated carbocycles. The lowest BCUT2D eigenvalue weighted by Gasteiger charge is -2.31. The molecule has 0 saturated heterocycles. The van der Waals surface area contributed by atoms with Gasteiger partial charge in [0.05, 0.1) is 5.02 Å². The van der Waals surface area contributed by atoms with E-state index in [1.165, 1.54) is 37.7 Å². The van der Waals surface area contributed by atoms with Crippen molar-refractivity contribution in [2.24, 2.45) is 5.92 Å². The van der Waals surface area contributed by atoms with Gasteiger partial charge in [-0.15, -0.1) is 0 Å². The van der Waals surface area contributed by atoms with Gasteiger partial charge in [-0.3, -0.25) is 0 Å². The van der Waals surface area contributed by atoms with Crippen molar-refractivity contribution < 1.29 is 0 Å². The SMILES string of the molecule is Clc1nccc(C(c2ccccc2)C2CCCCC2)c1Cl. The standard InChI is InChI=1S/C18H19Cl2N/c19-17-15(11-12-21-18(17)20)16(13-7-3-1-4-8-13)14-9-5-2-6-10-14/h1,3-4,7-8,11-12,14,16H,2,5-6,9-10H2. The molecule has 1 aromatic heterocycles. The van der Waals surface area contributed by atoms with E-state index in [0.29, 0.717) is 22.0 Å². The Kier molecular flexibility index (Phi) is 4.82. The molecule has 3 rings (SSSR count). The maximum Gasteiger partial charge on any atom is 0.147 e. The van der Waals surface area contributed by atoms with Crippen LogP contribution in [0.25, 0.3) is 0 Å². The van der Waals surface area contributed by atoms with Crippen molar-refractivity contribution in [1.82, 2.24) is 4.98 Å². The van der Waals surface area contributed by atoms with Gasteiger partial charge in [0.1, 0.15) is 5.15 Å². The van der Waals surface area contributed by atoms with Gasteiger partial charge in [-0.1, -0.05) is 72.8 Å². The van der Waals surface area contributed by atoms with Crippen LogP contribution in [0.15, 0.2) is 42.6 Å². The Balaban J connectivity index is 2.05. The number of rotatable bonds is 3. The van der Waals surface area contributed by atoms with Gasteiger partial charge in [-0.05, 0) is 36.0 Å². The van der Waals surface area contributed by atoms with E-state index >= 15 is 0 Å². The van der Waals surface area contributed by atoms with Gasteiger partial charge < -0.3 is 0 Å². The molecule has 0 N–H and O–H groups in total. The molecule has 1 unspecified atom stereocenters. The summed E-state index contributed by atoms with van der Waals surface area (Å²) in [4.78, 5) is 4.09. The van der Waals surface area contributed by atoms with Crippen LogP contribution in [-0.2, 0) is 0 Å². The van der Waals surface area contributed by atoms with Crippen LogP contribution in [0.4, 0.5) is 0 Å². The van der Waals surface area contributed by atoms with E-state index in [1.54, 1.807) is 6.20 Å². The molecule has 2 aromatic rings. The second-order valence-electron chi connectivity index (χ2n) is 5.79. The first-order valence-electron chi connectivity index (χ1n) is 7.62. The van der Waals surface area contributed by atoms with Gasteiger partial charge in [-0.2, -0.15) is 0 Å². The van der Waals surface area contributed by atoms with Gasteiger partial charge in [0.25, 0.3) is 0 Å². The van der Waals surface area contributed by atoms with Crippen LogP contribution >= 0.6 is 23.2 Å². The van der Waals surface area contributed by atoms with Crippen molar-refractivity contribution in [3.05, 3.63) is 63.9 Å². The van der Waals surface area contributed by atoms with Crippen LogP contribution in [0.1, 0.15) is 49.1 Å². The smallest absolute Gasteiger partial charge is 0.147 e. The Labute approximate surface area is 136 Å². The molecule has 1 nitrogen and oxygen atoms in total. The Bertz CT molecular complexity index is 591. The van der Waals surface area contributed by atoms with Crippen LogP contribution in [0.2, 0.25) is 10.2 Å². The first-order chi connectivity index (χ1) is 10.3. The molecule has 1 atom stereocenters. The molecule has 0 spiro atoms. The molecule has 3 heteroatoms. The molecule has 1 heterocycles. The van der Waals surface area contributed by atoms with Gasteiger partial charge in [0.2, 0.25) is 0 Å². The number of pyridine rings is 1. The Morgan fingerprint density at radius 1 is 0.952 bits per heavy atom. The van der Waals surface area contributed by atoms with E-state index in [-0.39, 0.29) is 0 Å². The van der Waals surface area contributed by atoms with Crippen molar-refractivity contribution in [2.45, 2.75) is 38.0 Å². The zero-order valence-electron chi connectivity index (χ0n) is 11.9. The lowest BCUT2D eigenvalue weighted by atomic mass is 9.74. The van der Waals surface area contributed by atoms with Crippen LogP contribution < -0.4 is 0 Å². The van der Waals surface area contributed by atoms with E-state index in [4.69, 9.17) is 23.2 Å². The number of hydrogen-bond acceptors (Lipinski definition) is 1. The molecule has 110 valence electrons. The van der Waals surface area contributed by atoms with Crippen molar-refractivity contribution in [2.75, 3.05) is 0 Å². The largest absolute Gasteiger partial charge is 0.243 e. The second-order valence-corrected chi connectivity index (χ2v) is 6.53. The van der Waals surface area contributed by atoms with E-state index in [9.17, 15) is 0 Å². The Hall–Kier alpha value is -1.05. The predicted octanol–water partition coefficient (Wildman–Crippen LogP) is 6.10. The van der Waals surface area contributed by atoms with Crippen LogP contribution in [0.5, 0.6) is 0 Å². The maximum atomic E-state index is 6.46. The summed E-state index contributed by atoms with van der Waals surface area (Å²) < 4.78 is 0. The summed E-state index contributed by atoms with van der Waals surface area (Å²) in [5.74, 6) is 0.955. The van der Waals surface area contributed by atoms with E-state index in [0.717, 1.165) is 5.56 Å². The lowest BCUT2D eigenvalue weighted by Crippen LogP contribution is -2.18. The molecule has 1 aromatic carbocycles. The maximum absolute atomic E-state index is 6.46. The highest BCUT2D eigenvalue weighted by molar-refractivity contribution is 6.41. The Morgan fingerprint density at radius 2 is 1.67 bits per heavy atom. The van der Waals surface area contributed by atoms with Crippen molar-refractivity contribution in [1.29, 1.82) is 0 Å². The number of hydrogen-bond donors (Lipinski definition) is 0. The molecular formula is C18H19Cl2N. The van der Waals surface area contributed by atoms with E-state index < -0.39 is 0 Å². The molecule has 0 amide bonds. The third-order valence-corrected chi connectivity index (χ3v) is 5.27. The van der Waals surface area contributed by atoms with Crippen LogP contribution in [0, 0.1) is 5.92 Å². The van der Waals surface area contributed by atoms with Gasteiger partial charge in [0, 0.05) is 12.1 Å². The van der Waals surface area contributed by atoms with Crippen LogP contribution in [-0.4, -0.2) is 4.98 Å². The quantitative estimate of drug-likeness (QED) is 0.623. The van der Waals surface area contributed by atoms with Gasteiger partial charge >= 0.3 is 0 Å². The summed E-state index contributed by atoms with van der Waals surface area (Å²) in [7, 11) is 0. The van der Waals surface area contributed by atoms with Crippen molar-refractivity contribution in [3.63, 3.8) is 0 Å². The highest BCUT2D eigenvalue weighted by Gasteiger charge is 2.28. The summed E-state index contributed by atoms with van der Waals surface area (Å²) in [6.45, 7) is 0. The predicted molar refractivity (Wildman–Crippen MR) is 89.1 cm³/mol. The lowest BCUT2D eigenvalue weighted by molar-refractivity contribution is 0.327. The summed E-state index contributed by atoms with van der Waals surface area (Å²) >= 11 is 12.6. The molecular weight excluding hydrogens is 301 g/mol. The zero-order chi connectivity index (χ0) is 14.7. The minimum absolute atomic E-state index is 0.319. The average Bonchev–Trinajstić information content (AvgIpc) is 2.54. The fraction of sp³-hybridized carbons (Fsp3) is 0.389. The summed E-state index contributed by atoms with van der Waals surface area (Å²) in [5, 5.41) is 1.02. The third-order valence-electron chi connectivity index (χ3n) is 4.49. The third kappa shape index (κ3) is 3.25. The molecule has 0 bridgehead atoms. The number of benzene rings is 1. The monoisotopic (exact) mass is 319 g/mol.